The van der Waals surface area contributed by atoms with Crippen molar-refractivity contribution in [3.63, 3.8) is 0 Å². The first-order valence-corrected chi connectivity index (χ1v) is 8.74. The molecule has 0 bridgehead atoms. The maximum absolute atomic E-state index is 11.1. The standard InChI is InChI=1S/C15H28N4O7.CH2O/c20-12-19-7-5-17(10-14(23)24)3-1-16(9-13(21)22)2-4-18(6-8-19)11-15(25)26;1-2/h20H,1-12H2,(H,21,22)(H,23,24)(H,25,26);1H2. The Morgan fingerprint density at radius 1 is 0.571 bits per heavy atom. The van der Waals surface area contributed by atoms with Crippen molar-refractivity contribution in [2.24, 2.45) is 0 Å². The van der Waals surface area contributed by atoms with E-state index in [1.54, 1.807) is 19.6 Å². The van der Waals surface area contributed by atoms with Gasteiger partial charge in [-0.1, -0.05) is 0 Å². The lowest BCUT2D eigenvalue weighted by atomic mass is 10.3. The molecule has 0 saturated carbocycles. The summed E-state index contributed by atoms with van der Waals surface area (Å²) in [5.41, 5.74) is 0. The van der Waals surface area contributed by atoms with Crippen molar-refractivity contribution >= 4 is 24.7 Å². The summed E-state index contributed by atoms with van der Waals surface area (Å²) in [5.74, 6) is -2.92. The summed E-state index contributed by atoms with van der Waals surface area (Å²) in [6.45, 7) is 4.44. The van der Waals surface area contributed by atoms with Gasteiger partial charge in [0, 0.05) is 52.4 Å². The van der Waals surface area contributed by atoms with Crippen LogP contribution in [0.2, 0.25) is 0 Å². The molecule has 0 radical (unpaired) electrons. The molecule has 0 aromatic heterocycles. The monoisotopic (exact) mass is 406 g/mol. The summed E-state index contributed by atoms with van der Waals surface area (Å²) in [6, 6.07) is 0. The number of nitrogens with zero attached hydrogens (tertiary/aromatic N) is 4. The van der Waals surface area contributed by atoms with Gasteiger partial charge in [0.2, 0.25) is 0 Å². The number of carbonyl (C=O) groups excluding carboxylic acids is 1. The van der Waals surface area contributed by atoms with Crippen LogP contribution in [0.25, 0.3) is 0 Å². The number of aliphatic carboxylic acids is 3. The summed E-state index contributed by atoms with van der Waals surface area (Å²) < 4.78 is 0. The summed E-state index contributed by atoms with van der Waals surface area (Å²) in [6.07, 6.45) is 0. The van der Waals surface area contributed by atoms with Crippen molar-refractivity contribution < 1.29 is 39.6 Å². The molecule has 0 aromatic carbocycles. The number of rotatable bonds is 7. The highest BCUT2D eigenvalue weighted by atomic mass is 16.4. The van der Waals surface area contributed by atoms with Gasteiger partial charge in [-0.2, -0.15) is 0 Å². The second-order valence-corrected chi connectivity index (χ2v) is 6.27. The van der Waals surface area contributed by atoms with Gasteiger partial charge in [-0.3, -0.25) is 34.0 Å². The van der Waals surface area contributed by atoms with Crippen LogP contribution < -0.4 is 0 Å². The molecule has 4 N–H and O–H groups in total. The average molecular weight is 406 g/mol. The van der Waals surface area contributed by atoms with Gasteiger partial charge >= 0.3 is 17.9 Å². The smallest absolute Gasteiger partial charge is 0.317 e. The minimum absolute atomic E-state index is 0.161. The Morgan fingerprint density at radius 2 is 0.786 bits per heavy atom. The molecule has 1 aliphatic heterocycles. The Bertz CT molecular complexity index is 461. The highest BCUT2D eigenvalue weighted by Crippen LogP contribution is 2.00. The third-order valence-corrected chi connectivity index (χ3v) is 4.21. The van der Waals surface area contributed by atoms with E-state index in [1.807, 2.05) is 6.79 Å². The van der Waals surface area contributed by atoms with Crippen LogP contribution in [0.15, 0.2) is 0 Å². The van der Waals surface area contributed by atoms with Gasteiger partial charge in [0.05, 0.1) is 26.4 Å². The van der Waals surface area contributed by atoms with Crippen molar-refractivity contribution in [2.75, 3.05) is 78.7 Å². The van der Waals surface area contributed by atoms with Gasteiger partial charge < -0.3 is 25.2 Å². The molecule has 12 heteroatoms. The first-order chi connectivity index (χ1) is 13.3. The van der Waals surface area contributed by atoms with Gasteiger partial charge in [-0.15, -0.1) is 0 Å². The second-order valence-electron chi connectivity index (χ2n) is 6.27. The number of hydrogen-bond donors (Lipinski definition) is 4. The number of aliphatic hydroxyl groups excluding tert-OH is 1. The molecule has 1 heterocycles. The van der Waals surface area contributed by atoms with Crippen LogP contribution in [-0.2, 0) is 19.2 Å². The molecule has 28 heavy (non-hydrogen) atoms. The number of carboxylic acids is 3. The van der Waals surface area contributed by atoms with Crippen LogP contribution in [-0.4, -0.2) is 143 Å². The average Bonchev–Trinajstić information content (AvgIpc) is 2.62. The highest BCUT2D eigenvalue weighted by Gasteiger charge is 2.19. The van der Waals surface area contributed by atoms with Gasteiger partial charge in [0.15, 0.2) is 0 Å². The van der Waals surface area contributed by atoms with E-state index >= 15 is 0 Å². The number of hydrogen-bond acceptors (Lipinski definition) is 9. The van der Waals surface area contributed by atoms with Gasteiger partial charge in [-0.25, -0.2) is 0 Å². The molecule has 1 aliphatic rings. The third-order valence-electron chi connectivity index (χ3n) is 4.21. The van der Waals surface area contributed by atoms with Crippen LogP contribution in [0.4, 0.5) is 0 Å². The molecular weight excluding hydrogens is 376 g/mol. The van der Waals surface area contributed by atoms with E-state index in [-0.39, 0.29) is 26.4 Å². The van der Waals surface area contributed by atoms with Crippen molar-refractivity contribution in [1.29, 1.82) is 0 Å². The quantitative estimate of drug-likeness (QED) is 0.345. The summed E-state index contributed by atoms with van der Waals surface area (Å²) in [5, 5.41) is 36.6. The third kappa shape index (κ3) is 12.3. The van der Waals surface area contributed by atoms with Crippen LogP contribution >= 0.6 is 0 Å². The molecule has 0 atom stereocenters. The molecule has 1 fully saturated rings. The predicted octanol–water partition coefficient (Wildman–Crippen LogP) is -2.77. The highest BCUT2D eigenvalue weighted by molar-refractivity contribution is 5.69. The molecule has 12 nitrogen and oxygen atoms in total. The zero-order valence-electron chi connectivity index (χ0n) is 15.9. The summed E-state index contributed by atoms with van der Waals surface area (Å²) in [7, 11) is 0. The molecule has 0 spiro atoms. The topological polar surface area (TPSA) is 162 Å². The van der Waals surface area contributed by atoms with Gasteiger partial charge in [0.1, 0.15) is 6.79 Å². The zero-order chi connectivity index (χ0) is 21.5. The van der Waals surface area contributed by atoms with E-state index in [1.165, 1.54) is 0 Å². The Balaban J connectivity index is 0.00000352. The Labute approximate surface area is 163 Å². The van der Waals surface area contributed by atoms with E-state index in [0.29, 0.717) is 52.4 Å². The van der Waals surface area contributed by atoms with E-state index in [4.69, 9.17) is 20.1 Å². The second kappa shape index (κ2) is 14.9. The molecule has 0 aromatic rings. The van der Waals surface area contributed by atoms with Gasteiger partial charge in [-0.05, 0) is 0 Å². The Morgan fingerprint density at radius 3 is 0.964 bits per heavy atom. The largest absolute Gasteiger partial charge is 0.480 e. The number of carboxylic acid groups (broad SMARTS) is 3. The molecule has 1 rings (SSSR count). The summed E-state index contributed by atoms with van der Waals surface area (Å²) in [4.78, 5) is 47.9. The van der Waals surface area contributed by atoms with E-state index < -0.39 is 17.9 Å². The van der Waals surface area contributed by atoms with Crippen LogP contribution in [0, 0.1) is 0 Å². The molecule has 162 valence electrons. The minimum Gasteiger partial charge on any atom is -0.480 e. The van der Waals surface area contributed by atoms with Crippen molar-refractivity contribution in [3.8, 4) is 0 Å². The lowest BCUT2D eigenvalue weighted by Gasteiger charge is -2.32. The molecule has 0 aliphatic carbocycles. The fourth-order valence-corrected chi connectivity index (χ4v) is 2.77. The van der Waals surface area contributed by atoms with Gasteiger partial charge in [0.25, 0.3) is 0 Å². The summed E-state index contributed by atoms with van der Waals surface area (Å²) >= 11 is 0. The SMILES string of the molecule is C=O.O=C(O)CN1CCN(CO)CCN(CC(=O)O)CCN(CC(=O)O)CC1. The first kappa shape index (κ1) is 25.9. The lowest BCUT2D eigenvalue weighted by molar-refractivity contribution is -0.140. The number of aliphatic hydroxyl groups is 1. The maximum Gasteiger partial charge on any atom is 0.317 e. The fourth-order valence-electron chi connectivity index (χ4n) is 2.77. The first-order valence-electron chi connectivity index (χ1n) is 8.74. The Kier molecular flexibility index (Phi) is 13.8. The van der Waals surface area contributed by atoms with E-state index in [9.17, 15) is 19.5 Å². The Hall–Kier alpha value is -2.12. The molecule has 1 saturated heterocycles. The normalized spacial score (nSPS) is 18.9. The minimum atomic E-state index is -0.988. The van der Waals surface area contributed by atoms with Crippen LogP contribution in [0.3, 0.4) is 0 Å². The van der Waals surface area contributed by atoms with Crippen LogP contribution in [0.5, 0.6) is 0 Å². The van der Waals surface area contributed by atoms with Crippen LogP contribution in [0.1, 0.15) is 0 Å². The number of carbonyl (C=O) groups is 4. The van der Waals surface area contributed by atoms with Crippen molar-refractivity contribution in [2.45, 2.75) is 0 Å². The van der Waals surface area contributed by atoms with Crippen molar-refractivity contribution in [3.05, 3.63) is 0 Å². The molecular formula is C16H30N4O8. The fraction of sp³-hybridized carbons (Fsp3) is 0.750. The van der Waals surface area contributed by atoms with E-state index in [2.05, 4.69) is 0 Å². The lowest BCUT2D eigenvalue weighted by Crippen LogP contribution is -2.48. The zero-order valence-corrected chi connectivity index (χ0v) is 15.9. The molecule has 0 amide bonds. The molecule has 0 unspecified atom stereocenters. The van der Waals surface area contributed by atoms with E-state index in [0.717, 1.165) is 0 Å². The van der Waals surface area contributed by atoms with Crippen molar-refractivity contribution in [1.82, 2.24) is 19.6 Å². The predicted molar refractivity (Wildman–Crippen MR) is 98.0 cm³/mol. The maximum atomic E-state index is 11.1.